The summed E-state index contributed by atoms with van der Waals surface area (Å²) in [5, 5.41) is 1.31. The highest BCUT2D eigenvalue weighted by atomic mass is 31.1. The number of fused-ring (bicyclic) bond motifs is 3. The molecule has 2 aromatic carbocycles. The van der Waals surface area contributed by atoms with Gasteiger partial charge >= 0.3 is 0 Å². The van der Waals surface area contributed by atoms with Crippen LogP contribution in [0.2, 0.25) is 0 Å². The van der Waals surface area contributed by atoms with Gasteiger partial charge in [-0.05, 0) is 51.0 Å². The summed E-state index contributed by atoms with van der Waals surface area (Å²) in [5.74, 6) is 3.04. The lowest BCUT2D eigenvalue weighted by molar-refractivity contribution is 0.487. The quantitative estimate of drug-likeness (QED) is 0.634. The molecule has 0 bridgehead atoms. The maximum atomic E-state index is 6.23. The van der Waals surface area contributed by atoms with Crippen LogP contribution in [0.1, 0.15) is 0 Å². The molecule has 4 nitrogen and oxygen atoms in total. The van der Waals surface area contributed by atoms with Gasteiger partial charge < -0.3 is 14.5 Å². The van der Waals surface area contributed by atoms with Crippen LogP contribution < -0.4 is 19.8 Å². The van der Waals surface area contributed by atoms with E-state index in [0.29, 0.717) is 0 Å². The van der Waals surface area contributed by atoms with Crippen LogP contribution in [0.3, 0.4) is 0 Å². The van der Waals surface area contributed by atoms with Crippen LogP contribution in [0.15, 0.2) is 85.3 Å². The number of hydrogen-bond acceptors (Lipinski definition) is 4. The summed E-state index contributed by atoms with van der Waals surface area (Å²) in [5.41, 5.74) is 1.23. The number of rotatable bonds is 3. The zero-order valence-corrected chi connectivity index (χ0v) is 15.3. The van der Waals surface area contributed by atoms with Crippen LogP contribution in [0.5, 0.6) is 11.5 Å². The second-order valence-corrected chi connectivity index (χ2v) is 8.43. The van der Waals surface area contributed by atoms with Crippen molar-refractivity contribution in [3.8, 4) is 11.5 Å². The normalized spacial score (nSPS) is 20.2. The van der Waals surface area contributed by atoms with E-state index in [0.717, 1.165) is 17.3 Å². The maximum absolute atomic E-state index is 6.23. The summed E-state index contributed by atoms with van der Waals surface area (Å²) in [6.45, 7) is 2.32. The minimum atomic E-state index is -0.477. The van der Waals surface area contributed by atoms with E-state index in [2.05, 4.69) is 58.1 Å². The number of hydrogen-bond donors (Lipinski definition) is 0. The van der Waals surface area contributed by atoms with E-state index in [1.54, 1.807) is 0 Å². The van der Waals surface area contributed by atoms with E-state index in [9.17, 15) is 0 Å². The third-order valence-electron chi connectivity index (χ3n) is 4.73. The zero-order chi connectivity index (χ0) is 17.5. The van der Waals surface area contributed by atoms with E-state index in [-0.39, 0.29) is 5.91 Å². The third-order valence-corrected chi connectivity index (χ3v) is 7.07. The Bertz CT molecular complexity index is 962. The topological polar surface area (TPSA) is 28.6 Å². The van der Waals surface area contributed by atoms with Crippen molar-refractivity contribution < 1.29 is 4.74 Å². The van der Waals surface area contributed by atoms with Gasteiger partial charge in [0.25, 0.3) is 0 Å². The van der Waals surface area contributed by atoms with Crippen molar-refractivity contribution in [2.24, 2.45) is 0 Å². The first kappa shape index (κ1) is 15.4. The fraction of sp³-hybridized carbons (Fsp3) is 0.0952. The first-order valence-corrected chi connectivity index (χ1v) is 10.4. The van der Waals surface area contributed by atoms with Gasteiger partial charge in [-0.2, -0.15) is 0 Å². The summed E-state index contributed by atoms with van der Waals surface area (Å²) in [7, 11) is -0.477. The third kappa shape index (κ3) is 2.38. The van der Waals surface area contributed by atoms with Crippen molar-refractivity contribution in [1.29, 1.82) is 0 Å². The Morgan fingerprint density at radius 1 is 0.885 bits per heavy atom. The van der Waals surface area contributed by atoms with Gasteiger partial charge in [0.05, 0.1) is 5.69 Å². The van der Waals surface area contributed by atoms with Gasteiger partial charge in [0.15, 0.2) is 0 Å². The Kier molecular flexibility index (Phi) is 3.65. The predicted molar refractivity (Wildman–Crippen MR) is 108 cm³/mol. The molecule has 5 rings (SSSR count). The zero-order valence-electron chi connectivity index (χ0n) is 14.4. The Labute approximate surface area is 154 Å². The molecule has 2 aliphatic rings. The number of nitrogens with zero attached hydrogens (tertiary/aromatic N) is 3. The molecule has 0 fully saturated rings. The van der Waals surface area contributed by atoms with Gasteiger partial charge in [-0.15, -0.1) is 0 Å². The highest BCUT2D eigenvalue weighted by Crippen LogP contribution is 2.55. The molecule has 5 heteroatoms. The molecule has 0 radical (unpaired) electrons. The molecule has 3 heterocycles. The number of ether oxygens (including phenoxy) is 1. The van der Waals surface area contributed by atoms with Crippen LogP contribution in [-0.2, 0) is 0 Å². The van der Waals surface area contributed by atoms with Crippen molar-refractivity contribution in [3.05, 3.63) is 85.3 Å². The lowest BCUT2D eigenvalue weighted by atomic mass is 10.2. The first-order valence-electron chi connectivity index (χ1n) is 8.58. The number of anilines is 2. The molecule has 3 aromatic rings. The minimum absolute atomic E-state index is 0.246. The summed E-state index contributed by atoms with van der Waals surface area (Å²) in [4.78, 5) is 9.14. The van der Waals surface area contributed by atoms with Gasteiger partial charge in [-0.25, -0.2) is 4.98 Å². The lowest BCUT2D eigenvalue weighted by Gasteiger charge is -2.29. The van der Waals surface area contributed by atoms with Crippen LogP contribution in [-0.4, -0.2) is 17.6 Å². The number of pyridine rings is 1. The Morgan fingerprint density at radius 2 is 1.69 bits per heavy atom. The maximum Gasteiger partial charge on any atom is 0.137 e. The molecule has 2 unspecified atom stereocenters. The molecule has 0 saturated heterocycles. The SMILES string of the molecule is CP1c2c(Oc3ccccc3)cccc2N2C=CN(c3ccccn3)C21. The summed E-state index contributed by atoms with van der Waals surface area (Å²) in [6.07, 6.45) is 6.12. The predicted octanol–water partition coefficient (Wildman–Crippen LogP) is 4.71. The van der Waals surface area contributed by atoms with Gasteiger partial charge in [0, 0.05) is 23.9 Å². The summed E-state index contributed by atoms with van der Waals surface area (Å²) in [6, 6.07) is 22.3. The molecular weight excluding hydrogens is 341 g/mol. The largest absolute Gasteiger partial charge is 0.457 e. The average molecular weight is 359 g/mol. The van der Waals surface area contributed by atoms with E-state index in [1.165, 1.54) is 11.0 Å². The number of benzene rings is 2. The van der Waals surface area contributed by atoms with Crippen LogP contribution >= 0.6 is 7.92 Å². The Morgan fingerprint density at radius 3 is 2.50 bits per heavy atom. The molecule has 0 saturated carbocycles. The Hall–Kier alpha value is -2.84. The first-order chi connectivity index (χ1) is 12.8. The molecule has 26 heavy (non-hydrogen) atoms. The monoisotopic (exact) mass is 359 g/mol. The summed E-state index contributed by atoms with van der Waals surface area (Å²) >= 11 is 0. The fourth-order valence-corrected chi connectivity index (χ4v) is 5.99. The highest BCUT2D eigenvalue weighted by molar-refractivity contribution is 7.67. The van der Waals surface area contributed by atoms with Crippen molar-refractivity contribution in [2.45, 2.75) is 5.91 Å². The van der Waals surface area contributed by atoms with Crippen LogP contribution in [0.25, 0.3) is 0 Å². The van der Waals surface area contributed by atoms with Gasteiger partial charge in [0.1, 0.15) is 23.2 Å². The standard InChI is InChI=1S/C21H18N3OP/c1-26-20-17(10-7-11-18(20)25-16-8-3-2-4-9-16)23-14-15-24(21(23)26)19-12-5-6-13-22-19/h2-15,21H,1H3. The highest BCUT2D eigenvalue weighted by Gasteiger charge is 2.43. The molecule has 0 spiro atoms. The minimum Gasteiger partial charge on any atom is -0.457 e. The van der Waals surface area contributed by atoms with Gasteiger partial charge in [0.2, 0.25) is 0 Å². The van der Waals surface area contributed by atoms with E-state index in [4.69, 9.17) is 4.74 Å². The van der Waals surface area contributed by atoms with Gasteiger partial charge in [-0.3, -0.25) is 0 Å². The molecule has 0 aliphatic carbocycles. The smallest absolute Gasteiger partial charge is 0.137 e. The van der Waals surface area contributed by atoms with E-state index < -0.39 is 7.92 Å². The fourth-order valence-electron chi connectivity index (χ4n) is 3.60. The molecular formula is C21H18N3OP. The molecule has 128 valence electrons. The Balaban J connectivity index is 1.53. The van der Waals surface area contributed by atoms with Crippen LogP contribution in [0, 0.1) is 0 Å². The second-order valence-electron chi connectivity index (χ2n) is 6.30. The van der Waals surface area contributed by atoms with Crippen molar-refractivity contribution in [2.75, 3.05) is 16.5 Å². The lowest BCUT2D eigenvalue weighted by Crippen LogP contribution is -2.34. The number of para-hydroxylation sites is 1. The molecule has 2 aliphatic heterocycles. The van der Waals surface area contributed by atoms with Gasteiger partial charge in [-0.1, -0.05) is 30.3 Å². The van der Waals surface area contributed by atoms with Crippen molar-refractivity contribution in [3.63, 3.8) is 0 Å². The van der Waals surface area contributed by atoms with E-state index in [1.807, 2.05) is 48.7 Å². The molecule has 0 N–H and O–H groups in total. The van der Waals surface area contributed by atoms with Crippen molar-refractivity contribution >= 4 is 24.7 Å². The molecule has 0 amide bonds. The van der Waals surface area contributed by atoms with Crippen LogP contribution in [0.4, 0.5) is 11.5 Å². The van der Waals surface area contributed by atoms with Crippen molar-refractivity contribution in [1.82, 2.24) is 4.98 Å². The average Bonchev–Trinajstić information content (AvgIpc) is 3.24. The van der Waals surface area contributed by atoms with E-state index >= 15 is 0 Å². The second kappa shape index (κ2) is 6.15. The number of aromatic nitrogens is 1. The molecule has 2 atom stereocenters. The molecule has 1 aromatic heterocycles. The summed E-state index contributed by atoms with van der Waals surface area (Å²) < 4.78 is 6.23.